The monoisotopic (exact) mass is 377 g/mol. The van der Waals surface area contributed by atoms with Crippen LogP contribution >= 0.6 is 0 Å². The van der Waals surface area contributed by atoms with Crippen molar-refractivity contribution < 1.29 is 22.7 Å². The fourth-order valence-corrected chi connectivity index (χ4v) is 3.71. The van der Waals surface area contributed by atoms with Crippen LogP contribution in [0.4, 0.5) is 16.2 Å². The van der Waals surface area contributed by atoms with Crippen molar-refractivity contribution in [2.75, 3.05) is 31.3 Å². The Bertz CT molecular complexity index is 959. The number of urea groups is 1. The van der Waals surface area contributed by atoms with Gasteiger partial charge in [-0.25, -0.2) is 13.2 Å². The SMILES string of the molecule is COc1ccc(S(=O)(=O)Nc2ccc3c(c2)CN(C)C(=O)N3)cc1OC. The number of methoxy groups -OCH3 is 2. The molecule has 3 rings (SSSR count). The van der Waals surface area contributed by atoms with E-state index in [9.17, 15) is 13.2 Å². The first-order valence-electron chi connectivity index (χ1n) is 7.74. The highest BCUT2D eigenvalue weighted by atomic mass is 32.2. The van der Waals surface area contributed by atoms with Crippen LogP contribution in [0.5, 0.6) is 11.5 Å². The average molecular weight is 377 g/mol. The Morgan fingerprint density at radius 3 is 2.50 bits per heavy atom. The minimum absolute atomic E-state index is 0.0540. The Hall–Kier alpha value is -2.94. The summed E-state index contributed by atoms with van der Waals surface area (Å²) >= 11 is 0. The van der Waals surface area contributed by atoms with Gasteiger partial charge in [0.1, 0.15) is 0 Å². The van der Waals surface area contributed by atoms with E-state index in [0.717, 1.165) is 5.56 Å². The molecule has 0 bridgehead atoms. The molecule has 0 saturated heterocycles. The highest BCUT2D eigenvalue weighted by Crippen LogP contribution is 2.31. The van der Waals surface area contributed by atoms with E-state index in [1.54, 1.807) is 25.2 Å². The highest BCUT2D eigenvalue weighted by molar-refractivity contribution is 7.92. The second kappa shape index (κ2) is 6.75. The van der Waals surface area contributed by atoms with Gasteiger partial charge in [-0.1, -0.05) is 0 Å². The zero-order valence-electron chi connectivity index (χ0n) is 14.6. The lowest BCUT2D eigenvalue weighted by Crippen LogP contribution is -2.35. The molecular weight excluding hydrogens is 358 g/mol. The molecule has 0 atom stereocenters. The van der Waals surface area contributed by atoms with Crippen LogP contribution in [0.25, 0.3) is 0 Å². The molecular formula is C17H19N3O5S. The van der Waals surface area contributed by atoms with Crippen molar-refractivity contribution in [1.29, 1.82) is 0 Å². The fraction of sp³-hybridized carbons (Fsp3) is 0.235. The molecule has 1 aliphatic heterocycles. The third-order valence-electron chi connectivity index (χ3n) is 4.02. The number of sulfonamides is 1. The van der Waals surface area contributed by atoms with E-state index in [1.165, 1.54) is 37.3 Å². The molecule has 0 fully saturated rings. The molecule has 2 aromatic carbocycles. The van der Waals surface area contributed by atoms with Gasteiger partial charge in [0.2, 0.25) is 0 Å². The van der Waals surface area contributed by atoms with Gasteiger partial charge in [0.15, 0.2) is 11.5 Å². The number of nitrogens with zero attached hydrogens (tertiary/aromatic N) is 1. The van der Waals surface area contributed by atoms with Crippen LogP contribution in [0.3, 0.4) is 0 Å². The largest absolute Gasteiger partial charge is 0.493 e. The summed E-state index contributed by atoms with van der Waals surface area (Å²) in [6.45, 7) is 0.396. The smallest absolute Gasteiger partial charge is 0.321 e. The third-order valence-corrected chi connectivity index (χ3v) is 5.40. The van der Waals surface area contributed by atoms with Gasteiger partial charge in [-0.3, -0.25) is 4.72 Å². The Morgan fingerprint density at radius 1 is 1.08 bits per heavy atom. The number of carbonyl (C=O) groups excluding carboxylic acids is 1. The summed E-state index contributed by atoms with van der Waals surface area (Å²) in [4.78, 5) is 13.2. The first-order valence-corrected chi connectivity index (χ1v) is 9.22. The number of hydrogen-bond donors (Lipinski definition) is 2. The molecule has 138 valence electrons. The number of anilines is 2. The summed E-state index contributed by atoms with van der Waals surface area (Å²) in [5, 5.41) is 2.74. The first kappa shape index (κ1) is 17.9. The van der Waals surface area contributed by atoms with Crippen LogP contribution in [0.2, 0.25) is 0 Å². The summed E-state index contributed by atoms with van der Waals surface area (Å²) in [6.07, 6.45) is 0. The Labute approximate surface area is 151 Å². The zero-order valence-corrected chi connectivity index (χ0v) is 15.4. The molecule has 1 aliphatic rings. The topological polar surface area (TPSA) is 97.0 Å². The van der Waals surface area contributed by atoms with Crippen molar-refractivity contribution in [2.24, 2.45) is 0 Å². The second-order valence-electron chi connectivity index (χ2n) is 5.78. The molecule has 9 heteroatoms. The number of nitrogens with one attached hydrogen (secondary N) is 2. The van der Waals surface area contributed by atoms with Crippen molar-refractivity contribution in [3.63, 3.8) is 0 Å². The van der Waals surface area contributed by atoms with Crippen LogP contribution in [-0.2, 0) is 16.6 Å². The standard InChI is InChI=1S/C17H19N3O5S/c1-20-10-11-8-12(4-6-14(11)18-17(20)21)19-26(22,23)13-5-7-15(24-2)16(9-13)25-3/h4-9,19H,10H2,1-3H3,(H,18,21). The van der Waals surface area contributed by atoms with E-state index >= 15 is 0 Å². The zero-order chi connectivity index (χ0) is 18.9. The third kappa shape index (κ3) is 3.38. The van der Waals surface area contributed by atoms with Gasteiger partial charge in [0.05, 0.1) is 19.1 Å². The van der Waals surface area contributed by atoms with E-state index in [4.69, 9.17) is 9.47 Å². The Morgan fingerprint density at radius 2 is 1.81 bits per heavy atom. The minimum Gasteiger partial charge on any atom is -0.493 e. The number of ether oxygens (including phenoxy) is 2. The van der Waals surface area contributed by atoms with Crippen LogP contribution in [-0.4, -0.2) is 40.6 Å². The molecule has 8 nitrogen and oxygen atoms in total. The van der Waals surface area contributed by atoms with Crippen LogP contribution in [0.15, 0.2) is 41.3 Å². The molecule has 1 heterocycles. The number of rotatable bonds is 5. The summed E-state index contributed by atoms with van der Waals surface area (Å²) in [6, 6.07) is 9.14. The van der Waals surface area contributed by atoms with E-state index in [1.807, 2.05) is 0 Å². The molecule has 0 radical (unpaired) electrons. The summed E-state index contributed by atoms with van der Waals surface area (Å²) < 4.78 is 38.2. The predicted molar refractivity (Wildman–Crippen MR) is 97.3 cm³/mol. The number of hydrogen-bond acceptors (Lipinski definition) is 5. The predicted octanol–water partition coefficient (Wildman–Crippen LogP) is 2.48. The highest BCUT2D eigenvalue weighted by Gasteiger charge is 2.21. The van der Waals surface area contributed by atoms with Crippen molar-refractivity contribution in [3.05, 3.63) is 42.0 Å². The van der Waals surface area contributed by atoms with E-state index in [2.05, 4.69) is 10.0 Å². The summed E-state index contributed by atoms with van der Waals surface area (Å²) in [7, 11) is 0.777. The van der Waals surface area contributed by atoms with Gasteiger partial charge < -0.3 is 19.7 Å². The Kier molecular flexibility index (Phi) is 4.64. The summed E-state index contributed by atoms with van der Waals surface area (Å²) in [5.74, 6) is 0.768. The normalized spacial score (nSPS) is 13.7. The maximum absolute atomic E-state index is 12.7. The van der Waals surface area contributed by atoms with Crippen LogP contribution in [0.1, 0.15) is 5.56 Å². The van der Waals surface area contributed by atoms with Gasteiger partial charge in [-0.05, 0) is 35.9 Å². The molecule has 0 aliphatic carbocycles. The molecule has 0 saturated carbocycles. The summed E-state index contributed by atoms with van der Waals surface area (Å²) in [5.41, 5.74) is 1.89. The van der Waals surface area contributed by atoms with Crippen molar-refractivity contribution in [1.82, 2.24) is 4.90 Å². The number of benzene rings is 2. The first-order chi connectivity index (χ1) is 12.3. The molecule has 2 aromatic rings. The molecule has 0 unspecified atom stereocenters. The fourth-order valence-electron chi connectivity index (χ4n) is 2.65. The maximum atomic E-state index is 12.7. The van der Waals surface area contributed by atoms with Gasteiger partial charge >= 0.3 is 6.03 Å². The van der Waals surface area contributed by atoms with E-state index < -0.39 is 10.0 Å². The van der Waals surface area contributed by atoms with Crippen molar-refractivity contribution in [2.45, 2.75) is 11.4 Å². The lowest BCUT2D eigenvalue weighted by molar-refractivity contribution is 0.218. The Balaban J connectivity index is 1.89. The maximum Gasteiger partial charge on any atom is 0.321 e. The number of carbonyl (C=O) groups is 1. The second-order valence-corrected chi connectivity index (χ2v) is 7.46. The molecule has 2 amide bonds. The molecule has 0 aromatic heterocycles. The van der Waals surface area contributed by atoms with Crippen molar-refractivity contribution >= 4 is 27.4 Å². The lowest BCUT2D eigenvalue weighted by atomic mass is 10.1. The van der Waals surface area contributed by atoms with Crippen LogP contribution < -0.4 is 19.5 Å². The van der Waals surface area contributed by atoms with Gasteiger partial charge in [-0.15, -0.1) is 0 Å². The molecule has 26 heavy (non-hydrogen) atoms. The van der Waals surface area contributed by atoms with E-state index in [0.29, 0.717) is 29.4 Å². The molecule has 0 spiro atoms. The lowest BCUT2D eigenvalue weighted by Gasteiger charge is -2.26. The van der Waals surface area contributed by atoms with Crippen LogP contribution in [0, 0.1) is 0 Å². The van der Waals surface area contributed by atoms with Crippen molar-refractivity contribution in [3.8, 4) is 11.5 Å². The van der Waals surface area contributed by atoms with Gasteiger partial charge in [-0.2, -0.15) is 0 Å². The van der Waals surface area contributed by atoms with Gasteiger partial charge in [0, 0.05) is 31.0 Å². The number of fused-ring (bicyclic) bond motifs is 1. The van der Waals surface area contributed by atoms with E-state index in [-0.39, 0.29) is 10.9 Å². The van der Waals surface area contributed by atoms with Gasteiger partial charge in [0.25, 0.3) is 10.0 Å². The number of amides is 2. The quantitative estimate of drug-likeness (QED) is 0.834. The minimum atomic E-state index is -3.81. The average Bonchev–Trinajstić information content (AvgIpc) is 2.62. The molecule has 2 N–H and O–H groups in total.